The summed E-state index contributed by atoms with van der Waals surface area (Å²) in [5.41, 5.74) is 4.43. The zero-order valence-electron chi connectivity index (χ0n) is 15.4. The average Bonchev–Trinajstić information content (AvgIpc) is 3.12. The topological polar surface area (TPSA) is 46.1 Å². The molecule has 0 fully saturated rings. The molecule has 5 nitrogen and oxygen atoms in total. The van der Waals surface area contributed by atoms with Gasteiger partial charge in [0.05, 0.1) is 26.0 Å². The number of methoxy groups -OCH3 is 2. The molecule has 1 aliphatic rings. The Balaban J connectivity index is 1.96. The van der Waals surface area contributed by atoms with E-state index in [1.807, 2.05) is 30.3 Å². The predicted octanol–water partition coefficient (Wildman–Crippen LogP) is 3.67. The van der Waals surface area contributed by atoms with E-state index in [4.69, 9.17) is 26.8 Å². The van der Waals surface area contributed by atoms with Crippen molar-refractivity contribution in [1.29, 1.82) is 0 Å². The molecule has 0 bridgehead atoms. The first kappa shape index (κ1) is 18.2. The molecule has 2 aromatic carbocycles. The van der Waals surface area contributed by atoms with Crippen LogP contribution in [-0.4, -0.2) is 37.1 Å². The maximum atomic E-state index is 5.48. The Morgan fingerprint density at radius 2 is 1.81 bits per heavy atom. The van der Waals surface area contributed by atoms with Crippen molar-refractivity contribution < 1.29 is 9.47 Å². The quantitative estimate of drug-likeness (QED) is 0.833. The summed E-state index contributed by atoms with van der Waals surface area (Å²) in [4.78, 5) is 0. The zero-order valence-corrected chi connectivity index (χ0v) is 16.3. The number of hydrazone groups is 1. The van der Waals surface area contributed by atoms with Gasteiger partial charge in [0.1, 0.15) is 0 Å². The zero-order chi connectivity index (χ0) is 18.7. The van der Waals surface area contributed by atoms with E-state index in [0.29, 0.717) is 16.6 Å². The SMILES string of the molecule is CNC(=S)N1N=C(c2ccc(C)cc2)C[C@@H]1c1ccc(OC)c(OC)c1. The summed E-state index contributed by atoms with van der Waals surface area (Å²) in [6, 6.07) is 14.3. The van der Waals surface area contributed by atoms with Crippen LogP contribution < -0.4 is 14.8 Å². The maximum Gasteiger partial charge on any atom is 0.189 e. The van der Waals surface area contributed by atoms with Crippen LogP contribution in [0.15, 0.2) is 47.6 Å². The van der Waals surface area contributed by atoms with Crippen LogP contribution in [0, 0.1) is 6.92 Å². The van der Waals surface area contributed by atoms with Crippen LogP contribution in [0.5, 0.6) is 11.5 Å². The third-order valence-electron chi connectivity index (χ3n) is 4.51. The number of rotatable bonds is 4. The third kappa shape index (κ3) is 3.51. The summed E-state index contributed by atoms with van der Waals surface area (Å²) < 4.78 is 10.8. The van der Waals surface area contributed by atoms with Gasteiger partial charge in [-0.3, -0.25) is 0 Å². The fourth-order valence-corrected chi connectivity index (χ4v) is 3.22. The lowest BCUT2D eigenvalue weighted by Crippen LogP contribution is -2.34. The molecule has 1 N–H and O–H groups in total. The molecule has 0 spiro atoms. The van der Waals surface area contributed by atoms with E-state index in [9.17, 15) is 0 Å². The predicted molar refractivity (Wildman–Crippen MR) is 108 cm³/mol. The Kier molecular flexibility index (Phi) is 5.42. The normalized spacial score (nSPS) is 16.2. The Labute approximate surface area is 159 Å². The average molecular weight is 369 g/mol. The number of ether oxygens (including phenoxy) is 2. The molecule has 2 aromatic rings. The van der Waals surface area contributed by atoms with Crippen molar-refractivity contribution in [3.05, 3.63) is 59.2 Å². The van der Waals surface area contributed by atoms with Crippen LogP contribution in [0.3, 0.4) is 0 Å². The second-order valence-corrected chi connectivity index (χ2v) is 6.53. The molecule has 26 heavy (non-hydrogen) atoms. The molecule has 1 atom stereocenters. The third-order valence-corrected chi connectivity index (χ3v) is 4.90. The second-order valence-electron chi connectivity index (χ2n) is 6.15. The molecule has 0 radical (unpaired) electrons. The highest BCUT2D eigenvalue weighted by molar-refractivity contribution is 7.80. The van der Waals surface area contributed by atoms with Crippen molar-refractivity contribution in [1.82, 2.24) is 10.3 Å². The molecule has 0 unspecified atom stereocenters. The molecule has 1 aliphatic heterocycles. The van der Waals surface area contributed by atoms with Gasteiger partial charge in [-0.1, -0.05) is 35.9 Å². The van der Waals surface area contributed by atoms with Crippen molar-refractivity contribution in [2.75, 3.05) is 21.3 Å². The first-order valence-corrected chi connectivity index (χ1v) is 8.85. The standard InChI is InChI=1S/C20H23N3O2S/c1-13-5-7-14(8-6-13)16-12-17(23(22-16)20(26)21-2)15-9-10-18(24-3)19(11-15)25-4/h5-11,17H,12H2,1-4H3,(H,21,26)/t17-/m1/s1. The fourth-order valence-electron chi connectivity index (χ4n) is 3.05. The monoisotopic (exact) mass is 369 g/mol. The van der Waals surface area contributed by atoms with Gasteiger partial charge < -0.3 is 14.8 Å². The summed E-state index contributed by atoms with van der Waals surface area (Å²) in [6.45, 7) is 2.08. The van der Waals surface area contributed by atoms with E-state index in [1.165, 1.54) is 5.56 Å². The first-order valence-electron chi connectivity index (χ1n) is 8.44. The van der Waals surface area contributed by atoms with Crippen LogP contribution in [0.25, 0.3) is 0 Å². The summed E-state index contributed by atoms with van der Waals surface area (Å²) in [6.07, 6.45) is 0.764. The molecule has 136 valence electrons. The van der Waals surface area contributed by atoms with Crippen LogP contribution in [0.4, 0.5) is 0 Å². The molecule has 1 heterocycles. The lowest BCUT2D eigenvalue weighted by atomic mass is 9.98. The number of nitrogens with zero attached hydrogens (tertiary/aromatic N) is 2. The number of benzene rings is 2. The summed E-state index contributed by atoms with van der Waals surface area (Å²) >= 11 is 5.48. The Hall–Kier alpha value is -2.60. The molecule has 3 rings (SSSR count). The highest BCUT2D eigenvalue weighted by Gasteiger charge is 2.31. The smallest absolute Gasteiger partial charge is 0.189 e. The van der Waals surface area contributed by atoms with Gasteiger partial charge in [-0.2, -0.15) is 5.10 Å². The molecular formula is C20H23N3O2S. The van der Waals surface area contributed by atoms with Crippen LogP contribution in [0.2, 0.25) is 0 Å². The summed E-state index contributed by atoms with van der Waals surface area (Å²) in [7, 11) is 5.09. The molecule has 0 saturated heterocycles. The lowest BCUT2D eigenvalue weighted by molar-refractivity contribution is 0.346. The van der Waals surface area contributed by atoms with Crippen molar-refractivity contribution in [2.24, 2.45) is 5.10 Å². The Bertz CT molecular complexity index is 833. The van der Waals surface area contributed by atoms with E-state index in [-0.39, 0.29) is 6.04 Å². The highest BCUT2D eigenvalue weighted by Crippen LogP contribution is 2.37. The fraction of sp³-hybridized carbons (Fsp3) is 0.300. The number of thiocarbonyl (C=S) groups is 1. The second kappa shape index (κ2) is 7.74. The minimum Gasteiger partial charge on any atom is -0.493 e. The Morgan fingerprint density at radius 3 is 2.42 bits per heavy atom. The lowest BCUT2D eigenvalue weighted by Gasteiger charge is -2.24. The number of aryl methyl sites for hydroxylation is 1. The van der Waals surface area contributed by atoms with E-state index in [0.717, 1.165) is 23.3 Å². The minimum absolute atomic E-state index is 0.00561. The van der Waals surface area contributed by atoms with Crippen LogP contribution >= 0.6 is 12.2 Å². The molecule has 0 saturated carbocycles. The molecule has 0 aliphatic carbocycles. The van der Waals surface area contributed by atoms with E-state index in [2.05, 4.69) is 36.5 Å². The van der Waals surface area contributed by atoms with Crippen LogP contribution in [0.1, 0.15) is 29.2 Å². The maximum absolute atomic E-state index is 5.48. The van der Waals surface area contributed by atoms with E-state index in [1.54, 1.807) is 14.2 Å². The van der Waals surface area contributed by atoms with Gasteiger partial charge >= 0.3 is 0 Å². The number of hydrogen-bond acceptors (Lipinski definition) is 4. The van der Waals surface area contributed by atoms with Crippen molar-refractivity contribution in [2.45, 2.75) is 19.4 Å². The first-order chi connectivity index (χ1) is 12.6. The number of hydrogen-bond donors (Lipinski definition) is 1. The molecule has 0 amide bonds. The molecule has 0 aromatic heterocycles. The molecule has 6 heteroatoms. The van der Waals surface area contributed by atoms with Crippen molar-refractivity contribution in [3.63, 3.8) is 0 Å². The number of nitrogens with one attached hydrogen (secondary N) is 1. The van der Waals surface area contributed by atoms with Gasteiger partial charge in [0.25, 0.3) is 0 Å². The van der Waals surface area contributed by atoms with Crippen LogP contribution in [-0.2, 0) is 0 Å². The minimum atomic E-state index is 0.00561. The summed E-state index contributed by atoms with van der Waals surface area (Å²) in [5, 5.41) is 10.3. The van der Waals surface area contributed by atoms with Gasteiger partial charge in [-0.25, -0.2) is 5.01 Å². The Morgan fingerprint density at radius 1 is 1.12 bits per heavy atom. The van der Waals surface area contributed by atoms with Gasteiger partial charge in [-0.05, 0) is 42.4 Å². The van der Waals surface area contributed by atoms with Gasteiger partial charge in [0, 0.05) is 13.5 Å². The van der Waals surface area contributed by atoms with Crippen molar-refractivity contribution in [3.8, 4) is 11.5 Å². The molecular weight excluding hydrogens is 346 g/mol. The van der Waals surface area contributed by atoms with Gasteiger partial charge in [0.2, 0.25) is 0 Å². The highest BCUT2D eigenvalue weighted by atomic mass is 32.1. The van der Waals surface area contributed by atoms with Gasteiger partial charge in [0.15, 0.2) is 16.6 Å². The van der Waals surface area contributed by atoms with Crippen molar-refractivity contribution >= 4 is 23.0 Å². The largest absolute Gasteiger partial charge is 0.493 e. The van der Waals surface area contributed by atoms with Gasteiger partial charge in [-0.15, -0.1) is 0 Å². The van der Waals surface area contributed by atoms with E-state index < -0.39 is 0 Å². The van der Waals surface area contributed by atoms with E-state index >= 15 is 0 Å². The summed E-state index contributed by atoms with van der Waals surface area (Å²) in [5.74, 6) is 1.40.